The number of nitrogens with zero attached hydrogens (tertiary/aromatic N) is 1. The molecule has 2 aromatic carbocycles. The van der Waals surface area contributed by atoms with Gasteiger partial charge in [0, 0.05) is 29.1 Å². The van der Waals surface area contributed by atoms with Gasteiger partial charge in [0.2, 0.25) is 11.8 Å². The molecule has 0 radical (unpaired) electrons. The van der Waals surface area contributed by atoms with E-state index in [2.05, 4.69) is 4.98 Å². The number of anilines is 1. The Bertz CT molecular complexity index is 1050. The molecule has 6 nitrogen and oxygen atoms in total. The molecular formula is C21H20N2O4. The number of aromatic amines is 1. The van der Waals surface area contributed by atoms with E-state index < -0.39 is 5.92 Å². The first-order valence-corrected chi connectivity index (χ1v) is 8.71. The standard InChI is InChI=1S/C21H20N2O4/c1-12-20(14-6-4-5-7-16(14)22-12)15-11-19(24)23(21(15)25)17-9-8-13(26-2)10-18(17)27-3/h4-10,15,22H,11H2,1-3H3. The van der Waals surface area contributed by atoms with Gasteiger partial charge in [0.05, 0.1) is 25.8 Å². The van der Waals surface area contributed by atoms with E-state index in [0.717, 1.165) is 22.2 Å². The quantitative estimate of drug-likeness (QED) is 0.719. The van der Waals surface area contributed by atoms with Crippen LogP contribution in [0.2, 0.25) is 0 Å². The predicted octanol–water partition coefficient (Wildman–Crippen LogP) is 3.54. The van der Waals surface area contributed by atoms with Crippen LogP contribution in [0.4, 0.5) is 5.69 Å². The molecule has 4 rings (SSSR count). The molecule has 1 aromatic heterocycles. The molecule has 1 saturated heterocycles. The molecule has 1 aliphatic heterocycles. The number of benzene rings is 2. The lowest BCUT2D eigenvalue weighted by Crippen LogP contribution is -2.30. The number of aryl methyl sites for hydroxylation is 1. The van der Waals surface area contributed by atoms with E-state index in [4.69, 9.17) is 9.47 Å². The average Bonchev–Trinajstić information content (AvgIpc) is 3.16. The summed E-state index contributed by atoms with van der Waals surface area (Å²) in [6.07, 6.45) is 0.136. The fourth-order valence-electron chi connectivity index (χ4n) is 3.83. The van der Waals surface area contributed by atoms with Crippen LogP contribution < -0.4 is 14.4 Å². The highest BCUT2D eigenvalue weighted by atomic mass is 16.5. The topological polar surface area (TPSA) is 71.6 Å². The molecule has 1 fully saturated rings. The number of aromatic nitrogens is 1. The van der Waals surface area contributed by atoms with E-state index in [0.29, 0.717) is 17.2 Å². The zero-order chi connectivity index (χ0) is 19.1. The van der Waals surface area contributed by atoms with Crippen molar-refractivity contribution in [3.8, 4) is 11.5 Å². The maximum absolute atomic E-state index is 13.2. The molecule has 0 spiro atoms. The van der Waals surface area contributed by atoms with Gasteiger partial charge < -0.3 is 14.5 Å². The molecule has 6 heteroatoms. The Labute approximate surface area is 156 Å². The van der Waals surface area contributed by atoms with Crippen LogP contribution in [0.25, 0.3) is 10.9 Å². The number of methoxy groups -OCH3 is 2. The van der Waals surface area contributed by atoms with Crippen molar-refractivity contribution in [3.05, 3.63) is 53.7 Å². The van der Waals surface area contributed by atoms with Crippen molar-refractivity contribution in [3.63, 3.8) is 0 Å². The van der Waals surface area contributed by atoms with Crippen LogP contribution in [0, 0.1) is 6.92 Å². The number of para-hydroxylation sites is 1. The molecule has 1 N–H and O–H groups in total. The summed E-state index contributed by atoms with van der Waals surface area (Å²) in [4.78, 5) is 30.5. The summed E-state index contributed by atoms with van der Waals surface area (Å²) in [6, 6.07) is 12.9. The minimum absolute atomic E-state index is 0.136. The van der Waals surface area contributed by atoms with Crippen molar-refractivity contribution >= 4 is 28.4 Å². The number of H-pyrrole nitrogens is 1. The van der Waals surface area contributed by atoms with Crippen molar-refractivity contribution < 1.29 is 19.1 Å². The fourth-order valence-corrected chi connectivity index (χ4v) is 3.83. The summed E-state index contributed by atoms with van der Waals surface area (Å²) in [5.74, 6) is 0.0287. The molecule has 2 heterocycles. The third kappa shape index (κ3) is 2.65. The van der Waals surface area contributed by atoms with E-state index in [9.17, 15) is 9.59 Å². The minimum atomic E-state index is -0.513. The van der Waals surface area contributed by atoms with E-state index in [-0.39, 0.29) is 18.2 Å². The summed E-state index contributed by atoms with van der Waals surface area (Å²) in [6.45, 7) is 1.93. The van der Waals surface area contributed by atoms with Gasteiger partial charge in [-0.3, -0.25) is 9.59 Å². The van der Waals surface area contributed by atoms with Crippen LogP contribution in [-0.4, -0.2) is 31.0 Å². The van der Waals surface area contributed by atoms with E-state index >= 15 is 0 Å². The largest absolute Gasteiger partial charge is 0.497 e. The molecule has 3 aromatic rings. The first-order valence-electron chi connectivity index (χ1n) is 8.71. The van der Waals surface area contributed by atoms with Crippen LogP contribution in [0.15, 0.2) is 42.5 Å². The molecule has 1 aliphatic rings. The van der Waals surface area contributed by atoms with Crippen LogP contribution in [0.1, 0.15) is 23.6 Å². The number of carbonyl (C=O) groups is 2. The SMILES string of the molecule is COc1ccc(N2C(=O)CC(c3c(C)[nH]c4ccccc34)C2=O)c(OC)c1. The first kappa shape index (κ1) is 17.1. The lowest BCUT2D eigenvalue weighted by molar-refractivity contribution is -0.121. The van der Waals surface area contributed by atoms with Gasteiger partial charge in [0.15, 0.2) is 0 Å². The third-order valence-electron chi connectivity index (χ3n) is 5.07. The molecular weight excluding hydrogens is 344 g/mol. The zero-order valence-corrected chi connectivity index (χ0v) is 15.4. The molecule has 27 heavy (non-hydrogen) atoms. The third-order valence-corrected chi connectivity index (χ3v) is 5.07. The number of hydrogen-bond donors (Lipinski definition) is 1. The highest BCUT2D eigenvalue weighted by molar-refractivity contribution is 6.24. The van der Waals surface area contributed by atoms with Crippen LogP contribution in [0.5, 0.6) is 11.5 Å². The molecule has 2 amide bonds. The van der Waals surface area contributed by atoms with E-state index in [1.165, 1.54) is 12.0 Å². The van der Waals surface area contributed by atoms with E-state index in [1.54, 1.807) is 25.3 Å². The Balaban J connectivity index is 1.78. The summed E-state index contributed by atoms with van der Waals surface area (Å²) in [5.41, 5.74) is 3.20. The number of rotatable bonds is 4. The minimum Gasteiger partial charge on any atom is -0.497 e. The van der Waals surface area contributed by atoms with Gasteiger partial charge in [-0.1, -0.05) is 18.2 Å². The Morgan fingerprint density at radius 1 is 1.07 bits per heavy atom. The number of amides is 2. The Hall–Kier alpha value is -3.28. The number of nitrogens with one attached hydrogen (secondary N) is 1. The second-order valence-electron chi connectivity index (χ2n) is 6.57. The number of carbonyl (C=O) groups excluding carboxylic acids is 2. The number of hydrogen-bond acceptors (Lipinski definition) is 4. The lowest BCUT2D eigenvalue weighted by atomic mass is 9.94. The Morgan fingerprint density at radius 2 is 1.85 bits per heavy atom. The molecule has 0 saturated carbocycles. The van der Waals surface area contributed by atoms with Gasteiger partial charge in [0.25, 0.3) is 0 Å². The van der Waals surface area contributed by atoms with Crippen LogP contribution in [-0.2, 0) is 9.59 Å². The summed E-state index contributed by atoms with van der Waals surface area (Å²) >= 11 is 0. The number of fused-ring (bicyclic) bond motifs is 1. The van der Waals surface area contributed by atoms with Crippen LogP contribution in [0.3, 0.4) is 0 Å². The van der Waals surface area contributed by atoms with Crippen molar-refractivity contribution in [2.24, 2.45) is 0 Å². The van der Waals surface area contributed by atoms with Gasteiger partial charge >= 0.3 is 0 Å². The maximum atomic E-state index is 13.2. The smallest absolute Gasteiger partial charge is 0.242 e. The molecule has 138 valence electrons. The summed E-state index contributed by atoms with van der Waals surface area (Å²) in [7, 11) is 3.06. The van der Waals surface area contributed by atoms with Crippen molar-refractivity contribution in [2.45, 2.75) is 19.3 Å². The zero-order valence-electron chi connectivity index (χ0n) is 15.4. The molecule has 0 aliphatic carbocycles. The van der Waals surface area contributed by atoms with Gasteiger partial charge in [-0.15, -0.1) is 0 Å². The number of ether oxygens (including phenoxy) is 2. The fraction of sp³-hybridized carbons (Fsp3) is 0.238. The average molecular weight is 364 g/mol. The van der Waals surface area contributed by atoms with Gasteiger partial charge in [-0.2, -0.15) is 0 Å². The normalized spacial score (nSPS) is 17.0. The molecule has 1 atom stereocenters. The number of imide groups is 1. The second kappa shape index (κ2) is 6.46. The maximum Gasteiger partial charge on any atom is 0.242 e. The van der Waals surface area contributed by atoms with E-state index in [1.807, 2.05) is 31.2 Å². The van der Waals surface area contributed by atoms with Gasteiger partial charge in [-0.05, 0) is 30.7 Å². The lowest BCUT2D eigenvalue weighted by Gasteiger charge is -2.19. The first-order chi connectivity index (χ1) is 13.0. The highest BCUT2D eigenvalue weighted by Gasteiger charge is 2.43. The van der Waals surface area contributed by atoms with Crippen molar-refractivity contribution in [2.75, 3.05) is 19.1 Å². The van der Waals surface area contributed by atoms with Crippen molar-refractivity contribution in [1.82, 2.24) is 4.98 Å². The summed E-state index contributed by atoms with van der Waals surface area (Å²) in [5, 5.41) is 0.977. The monoisotopic (exact) mass is 364 g/mol. The molecule has 1 unspecified atom stereocenters. The van der Waals surface area contributed by atoms with Gasteiger partial charge in [0.1, 0.15) is 11.5 Å². The van der Waals surface area contributed by atoms with Crippen LogP contribution >= 0.6 is 0 Å². The molecule has 0 bridgehead atoms. The predicted molar refractivity (Wildman–Crippen MR) is 102 cm³/mol. The van der Waals surface area contributed by atoms with Gasteiger partial charge in [-0.25, -0.2) is 4.90 Å². The second-order valence-corrected chi connectivity index (χ2v) is 6.57. The Kier molecular flexibility index (Phi) is 4.11. The summed E-state index contributed by atoms with van der Waals surface area (Å²) < 4.78 is 10.6. The Morgan fingerprint density at radius 3 is 2.59 bits per heavy atom. The van der Waals surface area contributed by atoms with Crippen molar-refractivity contribution in [1.29, 1.82) is 0 Å². The highest BCUT2D eigenvalue weighted by Crippen LogP contribution is 2.41.